The molecule has 0 bridgehead atoms. The van der Waals surface area contributed by atoms with Crippen LogP contribution in [0.2, 0.25) is 0 Å². The summed E-state index contributed by atoms with van der Waals surface area (Å²) in [7, 11) is 1.63. The van der Waals surface area contributed by atoms with E-state index in [9.17, 15) is 4.79 Å². The molecule has 110 valence electrons. The molecule has 0 aliphatic heterocycles. The Hall–Kier alpha value is -2.09. The molecule has 2 rings (SSSR count). The Morgan fingerprint density at radius 1 is 1.10 bits per heavy atom. The highest BCUT2D eigenvalue weighted by molar-refractivity contribution is 5.91. The molecule has 0 aliphatic rings. The molecular weight excluding hydrogens is 260 g/mol. The summed E-state index contributed by atoms with van der Waals surface area (Å²) >= 11 is 0. The summed E-state index contributed by atoms with van der Waals surface area (Å²) in [6.45, 7) is 6.34. The van der Waals surface area contributed by atoms with Crippen LogP contribution in [-0.2, 0) is 6.42 Å². The van der Waals surface area contributed by atoms with Gasteiger partial charge in [0.1, 0.15) is 5.75 Å². The van der Waals surface area contributed by atoms with Crippen LogP contribution < -0.4 is 4.74 Å². The van der Waals surface area contributed by atoms with Gasteiger partial charge < -0.3 is 4.74 Å². The lowest BCUT2D eigenvalue weighted by atomic mass is 9.90. The van der Waals surface area contributed by atoms with Crippen molar-refractivity contribution in [3.05, 3.63) is 53.1 Å². The minimum Gasteiger partial charge on any atom is -0.496 e. The van der Waals surface area contributed by atoms with E-state index >= 15 is 0 Å². The van der Waals surface area contributed by atoms with E-state index in [0.29, 0.717) is 11.5 Å². The monoisotopic (exact) mass is 282 g/mol. The zero-order valence-electron chi connectivity index (χ0n) is 13.1. The van der Waals surface area contributed by atoms with Crippen LogP contribution in [0.25, 0.3) is 11.1 Å². The molecule has 0 unspecified atom stereocenters. The number of carbonyl (C=O) groups excluding carboxylic acids is 1. The van der Waals surface area contributed by atoms with E-state index in [2.05, 4.69) is 32.0 Å². The number of ether oxygens (including phenoxy) is 1. The number of carbonyl (C=O) groups is 1. The van der Waals surface area contributed by atoms with Crippen LogP contribution in [0.5, 0.6) is 5.75 Å². The Morgan fingerprint density at radius 2 is 1.81 bits per heavy atom. The van der Waals surface area contributed by atoms with Crippen LogP contribution >= 0.6 is 0 Å². The Morgan fingerprint density at radius 3 is 2.43 bits per heavy atom. The molecule has 0 fully saturated rings. The Labute approximate surface area is 126 Å². The highest BCUT2D eigenvalue weighted by Gasteiger charge is 2.14. The first kappa shape index (κ1) is 15.3. The van der Waals surface area contributed by atoms with Crippen molar-refractivity contribution in [1.82, 2.24) is 0 Å². The summed E-state index contributed by atoms with van der Waals surface area (Å²) < 4.78 is 5.31. The predicted octanol–water partition coefficient (Wildman–Crippen LogP) is 4.68. The van der Waals surface area contributed by atoms with Gasteiger partial charge in [-0.1, -0.05) is 38.1 Å². The van der Waals surface area contributed by atoms with E-state index in [1.54, 1.807) is 7.11 Å². The molecule has 0 amide bonds. The van der Waals surface area contributed by atoms with Gasteiger partial charge in [-0.05, 0) is 48.1 Å². The molecule has 0 aromatic heterocycles. The summed E-state index contributed by atoms with van der Waals surface area (Å²) in [5.41, 5.74) is 5.01. The van der Waals surface area contributed by atoms with Crippen molar-refractivity contribution in [2.45, 2.75) is 27.2 Å². The van der Waals surface area contributed by atoms with Crippen LogP contribution in [0.3, 0.4) is 0 Å². The third-order valence-electron chi connectivity index (χ3n) is 3.74. The van der Waals surface area contributed by atoms with E-state index < -0.39 is 0 Å². The van der Waals surface area contributed by atoms with Crippen molar-refractivity contribution >= 4 is 6.29 Å². The van der Waals surface area contributed by atoms with Gasteiger partial charge in [0.05, 0.1) is 7.11 Å². The van der Waals surface area contributed by atoms with Crippen LogP contribution in [0.4, 0.5) is 0 Å². The number of hydrogen-bond donors (Lipinski definition) is 0. The predicted molar refractivity (Wildman–Crippen MR) is 87.1 cm³/mol. The molecule has 0 heterocycles. The third kappa shape index (κ3) is 3.15. The summed E-state index contributed by atoms with van der Waals surface area (Å²) in [6.07, 6.45) is 1.93. The normalized spacial score (nSPS) is 10.7. The topological polar surface area (TPSA) is 26.3 Å². The zero-order valence-corrected chi connectivity index (χ0v) is 13.1. The van der Waals surface area contributed by atoms with Crippen LogP contribution in [0.1, 0.15) is 35.3 Å². The fourth-order valence-electron chi connectivity index (χ4n) is 2.72. The van der Waals surface area contributed by atoms with Crippen molar-refractivity contribution in [2.75, 3.05) is 7.11 Å². The average Bonchev–Trinajstić information content (AvgIpc) is 2.47. The van der Waals surface area contributed by atoms with Gasteiger partial charge >= 0.3 is 0 Å². The van der Waals surface area contributed by atoms with Crippen molar-refractivity contribution in [2.24, 2.45) is 5.92 Å². The average molecular weight is 282 g/mol. The first-order valence-corrected chi connectivity index (χ1v) is 7.29. The largest absolute Gasteiger partial charge is 0.496 e. The van der Waals surface area contributed by atoms with Gasteiger partial charge in [0.25, 0.3) is 0 Å². The molecule has 2 aromatic carbocycles. The third-order valence-corrected chi connectivity index (χ3v) is 3.74. The van der Waals surface area contributed by atoms with Crippen molar-refractivity contribution in [1.29, 1.82) is 0 Å². The summed E-state index contributed by atoms with van der Waals surface area (Å²) in [5, 5.41) is 0. The second kappa shape index (κ2) is 6.57. The van der Waals surface area contributed by atoms with Gasteiger partial charge in [0.15, 0.2) is 6.29 Å². The first-order chi connectivity index (χ1) is 10.1. The number of methoxy groups -OCH3 is 1. The molecule has 2 nitrogen and oxygen atoms in total. The maximum Gasteiger partial charge on any atom is 0.151 e. The first-order valence-electron chi connectivity index (χ1n) is 7.29. The lowest BCUT2D eigenvalue weighted by Gasteiger charge is -2.16. The van der Waals surface area contributed by atoms with Crippen LogP contribution in [0.15, 0.2) is 36.4 Å². The molecule has 0 saturated heterocycles. The highest BCUT2D eigenvalue weighted by atomic mass is 16.5. The molecule has 0 radical (unpaired) electrons. The van der Waals surface area contributed by atoms with E-state index in [1.807, 2.05) is 25.1 Å². The number of aldehydes is 1. The van der Waals surface area contributed by atoms with Gasteiger partial charge in [-0.3, -0.25) is 4.79 Å². The van der Waals surface area contributed by atoms with Gasteiger partial charge in [0, 0.05) is 11.1 Å². The van der Waals surface area contributed by atoms with Gasteiger partial charge in [-0.15, -0.1) is 0 Å². The fraction of sp³-hybridized carbons (Fsp3) is 0.316. The van der Waals surface area contributed by atoms with Crippen molar-refractivity contribution < 1.29 is 9.53 Å². The van der Waals surface area contributed by atoms with Gasteiger partial charge in [0.2, 0.25) is 0 Å². The maximum atomic E-state index is 11.6. The Balaban J connectivity index is 2.62. The molecule has 0 atom stereocenters. The summed E-state index contributed by atoms with van der Waals surface area (Å²) in [6, 6.07) is 12.2. The quantitative estimate of drug-likeness (QED) is 0.744. The van der Waals surface area contributed by atoms with Crippen LogP contribution in [0, 0.1) is 12.8 Å². The van der Waals surface area contributed by atoms with Gasteiger partial charge in [-0.25, -0.2) is 0 Å². The molecule has 0 aliphatic carbocycles. The lowest BCUT2D eigenvalue weighted by molar-refractivity contribution is 0.112. The fourth-order valence-corrected chi connectivity index (χ4v) is 2.72. The zero-order chi connectivity index (χ0) is 15.4. The number of rotatable bonds is 5. The number of benzene rings is 2. The second-order valence-electron chi connectivity index (χ2n) is 5.73. The molecular formula is C19H22O2. The van der Waals surface area contributed by atoms with Crippen LogP contribution in [-0.4, -0.2) is 13.4 Å². The SMILES string of the molecule is COc1ccc(-c2ccccc2CC(C)C)c(C=O)c1C. The summed E-state index contributed by atoms with van der Waals surface area (Å²) in [5.74, 6) is 1.33. The Kier molecular flexibility index (Phi) is 4.79. The molecule has 0 saturated carbocycles. The van der Waals surface area contributed by atoms with E-state index in [4.69, 9.17) is 4.74 Å². The number of hydrogen-bond acceptors (Lipinski definition) is 2. The minimum atomic E-state index is 0.574. The molecule has 2 heteroatoms. The molecule has 2 aromatic rings. The minimum absolute atomic E-state index is 0.574. The highest BCUT2D eigenvalue weighted by Crippen LogP contribution is 2.33. The summed E-state index contributed by atoms with van der Waals surface area (Å²) in [4.78, 5) is 11.6. The van der Waals surface area contributed by atoms with Crippen molar-refractivity contribution in [3.8, 4) is 16.9 Å². The molecule has 0 N–H and O–H groups in total. The van der Waals surface area contributed by atoms with E-state index in [1.165, 1.54) is 5.56 Å². The standard InChI is InChI=1S/C19H22O2/c1-13(2)11-15-7-5-6-8-16(15)17-9-10-19(21-4)14(3)18(17)12-20/h5-10,12-13H,11H2,1-4H3. The molecule has 0 spiro atoms. The van der Waals surface area contributed by atoms with Gasteiger partial charge in [-0.2, -0.15) is 0 Å². The Bertz CT molecular complexity index is 642. The molecule has 21 heavy (non-hydrogen) atoms. The lowest BCUT2D eigenvalue weighted by Crippen LogP contribution is -2.00. The van der Waals surface area contributed by atoms with Crippen molar-refractivity contribution in [3.63, 3.8) is 0 Å². The maximum absolute atomic E-state index is 11.6. The smallest absolute Gasteiger partial charge is 0.151 e. The van der Waals surface area contributed by atoms with E-state index in [0.717, 1.165) is 35.1 Å². The van der Waals surface area contributed by atoms with E-state index in [-0.39, 0.29) is 0 Å². The second-order valence-corrected chi connectivity index (χ2v) is 5.73.